The molecule has 9 nitrogen and oxygen atoms in total. The van der Waals surface area contributed by atoms with E-state index in [2.05, 4.69) is 0 Å². The standard InChI is InChI=1S/C8H18N2O6S2.K.H2O/c11-17(12,13)7-5-9-1-2-10(4-3-9)6-8-18(14,15)16;;/h1-8H2,(H,11,12,13)(H,14,15,16);;1H2/q;+1;/p-1. The average molecular weight is 358 g/mol. The summed E-state index contributed by atoms with van der Waals surface area (Å²) in [7, 11) is -7.87. The number of hydrogen-bond donors (Lipinski definition) is 2. The van der Waals surface area contributed by atoms with E-state index in [-0.39, 0.29) is 81.5 Å². The van der Waals surface area contributed by atoms with Crippen molar-refractivity contribution in [3.05, 3.63) is 0 Å². The summed E-state index contributed by atoms with van der Waals surface area (Å²) in [6.07, 6.45) is 0. The van der Waals surface area contributed by atoms with E-state index in [4.69, 9.17) is 9.11 Å². The third-order valence-corrected chi connectivity index (χ3v) is 4.19. The fraction of sp³-hybridized carbons (Fsp3) is 1.00. The number of hydrogen-bond acceptors (Lipinski definition) is 7. The Labute approximate surface area is 161 Å². The van der Waals surface area contributed by atoms with Gasteiger partial charge in [-0.25, -0.2) is 0 Å². The second kappa shape index (κ2) is 10.2. The van der Waals surface area contributed by atoms with E-state index in [1.807, 2.05) is 9.80 Å². The summed E-state index contributed by atoms with van der Waals surface area (Å²) in [5.41, 5.74) is 0. The van der Waals surface area contributed by atoms with Crippen LogP contribution >= 0.6 is 0 Å². The van der Waals surface area contributed by atoms with Gasteiger partial charge in [0, 0.05) is 39.3 Å². The van der Waals surface area contributed by atoms with Crippen LogP contribution in [0.15, 0.2) is 0 Å². The quantitative estimate of drug-likeness (QED) is 0.353. The predicted molar refractivity (Wildman–Crippen MR) is 67.6 cm³/mol. The molecule has 0 spiro atoms. The van der Waals surface area contributed by atoms with E-state index >= 15 is 0 Å². The molecule has 0 saturated carbocycles. The first-order chi connectivity index (χ1) is 8.16. The van der Waals surface area contributed by atoms with Gasteiger partial charge in [-0.1, -0.05) is 0 Å². The summed E-state index contributed by atoms with van der Waals surface area (Å²) in [5.74, 6) is -0.587. The minimum Gasteiger partial charge on any atom is -0.870 e. The molecular weight excluding hydrogens is 339 g/mol. The second-order valence-electron chi connectivity index (χ2n) is 4.26. The molecule has 0 aromatic rings. The molecule has 20 heavy (non-hydrogen) atoms. The number of piperazine rings is 1. The summed E-state index contributed by atoms with van der Waals surface area (Å²) in [6, 6.07) is 0. The Balaban J connectivity index is 0. The van der Waals surface area contributed by atoms with Crippen molar-refractivity contribution in [2.24, 2.45) is 0 Å². The van der Waals surface area contributed by atoms with Crippen molar-refractivity contribution in [1.29, 1.82) is 0 Å². The Morgan fingerprint density at radius 1 is 0.750 bits per heavy atom. The van der Waals surface area contributed by atoms with E-state index in [1.54, 1.807) is 0 Å². The molecular formula is C8H19KN2O7S2. The van der Waals surface area contributed by atoms with Crippen LogP contribution in [0.2, 0.25) is 0 Å². The van der Waals surface area contributed by atoms with E-state index in [1.165, 1.54) is 0 Å². The monoisotopic (exact) mass is 358 g/mol. The van der Waals surface area contributed by atoms with Crippen LogP contribution in [0.3, 0.4) is 0 Å². The molecule has 0 aromatic carbocycles. The first kappa shape index (κ1) is 23.6. The van der Waals surface area contributed by atoms with Crippen LogP contribution < -0.4 is 51.4 Å². The summed E-state index contributed by atoms with van der Waals surface area (Å²) >= 11 is 0. The van der Waals surface area contributed by atoms with Crippen LogP contribution in [-0.4, -0.2) is 92.0 Å². The van der Waals surface area contributed by atoms with Gasteiger partial charge in [0.05, 0.1) is 11.5 Å². The van der Waals surface area contributed by atoms with Gasteiger partial charge < -0.3 is 5.48 Å². The van der Waals surface area contributed by atoms with Crippen LogP contribution in [0, 0.1) is 0 Å². The number of rotatable bonds is 6. The molecule has 116 valence electrons. The van der Waals surface area contributed by atoms with Crippen LogP contribution in [0.25, 0.3) is 0 Å². The Kier molecular flexibility index (Phi) is 12.0. The Morgan fingerprint density at radius 3 is 1.20 bits per heavy atom. The molecule has 1 aliphatic heterocycles. The van der Waals surface area contributed by atoms with Gasteiger partial charge in [0.1, 0.15) is 0 Å². The van der Waals surface area contributed by atoms with Gasteiger partial charge in [-0.3, -0.25) is 18.9 Å². The van der Waals surface area contributed by atoms with E-state index in [0.29, 0.717) is 26.2 Å². The molecule has 0 aromatic heterocycles. The zero-order chi connectivity index (χ0) is 13.8. The SMILES string of the molecule is O=S(=O)(O)CCN1CCN(CCS(=O)(=O)O)CC1.[K+].[OH-]. The molecule has 1 heterocycles. The zero-order valence-electron chi connectivity index (χ0n) is 11.3. The molecule has 1 rings (SSSR count). The van der Waals surface area contributed by atoms with Gasteiger partial charge >= 0.3 is 51.4 Å². The second-order valence-corrected chi connectivity index (χ2v) is 7.40. The van der Waals surface area contributed by atoms with Crippen molar-refractivity contribution in [3.63, 3.8) is 0 Å². The molecule has 0 amide bonds. The average Bonchev–Trinajstić information content (AvgIpc) is 2.23. The van der Waals surface area contributed by atoms with Crippen molar-refractivity contribution in [1.82, 2.24) is 9.80 Å². The van der Waals surface area contributed by atoms with Crippen molar-refractivity contribution in [2.75, 3.05) is 50.8 Å². The zero-order valence-corrected chi connectivity index (χ0v) is 16.1. The van der Waals surface area contributed by atoms with Crippen molar-refractivity contribution >= 4 is 20.2 Å². The van der Waals surface area contributed by atoms with Crippen LogP contribution in [0.4, 0.5) is 0 Å². The molecule has 1 aliphatic rings. The molecule has 1 fully saturated rings. The third kappa shape index (κ3) is 11.9. The largest absolute Gasteiger partial charge is 1.00 e. The first-order valence-electron chi connectivity index (χ1n) is 5.51. The molecule has 0 atom stereocenters. The molecule has 12 heteroatoms. The summed E-state index contributed by atoms with van der Waals surface area (Å²) in [4.78, 5) is 3.77. The normalized spacial score (nSPS) is 18.1. The molecule has 0 bridgehead atoms. The minimum absolute atomic E-state index is 0. The molecule has 3 N–H and O–H groups in total. The smallest absolute Gasteiger partial charge is 0.870 e. The van der Waals surface area contributed by atoms with Crippen LogP contribution in [0.1, 0.15) is 0 Å². The molecule has 0 aliphatic carbocycles. The van der Waals surface area contributed by atoms with Gasteiger partial charge in [-0.05, 0) is 0 Å². The van der Waals surface area contributed by atoms with E-state index < -0.39 is 20.2 Å². The fourth-order valence-electron chi connectivity index (χ4n) is 1.73. The van der Waals surface area contributed by atoms with Crippen molar-refractivity contribution < 1.29 is 82.8 Å². The van der Waals surface area contributed by atoms with Gasteiger partial charge in [-0.15, -0.1) is 0 Å². The summed E-state index contributed by atoms with van der Waals surface area (Å²) in [5, 5.41) is 0. The first-order valence-corrected chi connectivity index (χ1v) is 8.72. The van der Waals surface area contributed by atoms with Crippen LogP contribution in [0.5, 0.6) is 0 Å². The Morgan fingerprint density at radius 2 is 1.00 bits per heavy atom. The number of nitrogens with zero attached hydrogens (tertiary/aromatic N) is 2. The van der Waals surface area contributed by atoms with Gasteiger partial charge in [-0.2, -0.15) is 16.8 Å². The molecule has 0 unspecified atom stereocenters. The Hall–Kier alpha value is 1.34. The van der Waals surface area contributed by atoms with E-state index in [0.717, 1.165) is 0 Å². The minimum atomic E-state index is -3.93. The predicted octanol–water partition coefficient (Wildman–Crippen LogP) is -4.79. The van der Waals surface area contributed by atoms with Crippen molar-refractivity contribution in [3.8, 4) is 0 Å². The maximum absolute atomic E-state index is 10.6. The Bertz CT molecular complexity index is 415. The van der Waals surface area contributed by atoms with Gasteiger partial charge in [0.15, 0.2) is 0 Å². The fourth-order valence-corrected chi connectivity index (χ4v) is 2.70. The van der Waals surface area contributed by atoms with Crippen LogP contribution in [-0.2, 0) is 20.2 Å². The third-order valence-electron chi connectivity index (χ3n) is 2.80. The van der Waals surface area contributed by atoms with Gasteiger partial charge in [0.2, 0.25) is 0 Å². The van der Waals surface area contributed by atoms with Gasteiger partial charge in [0.25, 0.3) is 20.2 Å². The topological polar surface area (TPSA) is 145 Å². The van der Waals surface area contributed by atoms with E-state index in [9.17, 15) is 16.8 Å². The molecule has 0 radical (unpaired) electrons. The summed E-state index contributed by atoms with van der Waals surface area (Å²) < 4.78 is 59.5. The summed E-state index contributed by atoms with van der Waals surface area (Å²) in [6.45, 7) is 2.99. The maximum Gasteiger partial charge on any atom is 1.00 e. The maximum atomic E-state index is 10.6. The van der Waals surface area contributed by atoms with Crippen molar-refractivity contribution in [2.45, 2.75) is 0 Å². The molecule has 1 saturated heterocycles.